The van der Waals surface area contributed by atoms with Crippen LogP contribution in [0.3, 0.4) is 0 Å². The number of carbonyl (C=O) groups is 1. The number of aromatic nitrogens is 2. The van der Waals surface area contributed by atoms with Crippen molar-refractivity contribution in [2.45, 2.75) is 26.4 Å². The molecular weight excluding hydrogens is 254 g/mol. The van der Waals surface area contributed by atoms with Crippen LogP contribution >= 0.6 is 0 Å². The molecule has 0 aliphatic carbocycles. The van der Waals surface area contributed by atoms with Crippen LogP contribution in [0.1, 0.15) is 19.2 Å². The van der Waals surface area contributed by atoms with E-state index in [0.29, 0.717) is 6.54 Å². The first-order chi connectivity index (χ1) is 9.76. The molecule has 1 aromatic heterocycles. The molecule has 0 saturated carbocycles. The zero-order chi connectivity index (χ0) is 14.4. The van der Waals surface area contributed by atoms with Gasteiger partial charge < -0.3 is 9.88 Å². The van der Waals surface area contributed by atoms with Gasteiger partial charge in [0.2, 0.25) is 0 Å². The summed E-state index contributed by atoms with van der Waals surface area (Å²) in [6.07, 6.45) is 2.46. The monoisotopic (exact) mass is 273 g/mol. The fraction of sp³-hybridized carbons (Fsp3) is 0.357. The molecule has 1 amide bonds. The standard InChI is InChI=1S/C14H19N5O/c1-3-8-16-18-14(20)10-19-12-7-5-4-6-11(12)17-13(19)9-15-2/h4-8,15H,3,9-10H2,1-2H3,(H,18,20)/b16-8+. The molecule has 2 N–H and O–H groups in total. The van der Waals surface area contributed by atoms with Crippen molar-refractivity contribution in [3.63, 3.8) is 0 Å². The maximum absolute atomic E-state index is 11.9. The minimum Gasteiger partial charge on any atom is -0.317 e. The van der Waals surface area contributed by atoms with Crippen molar-refractivity contribution in [2.24, 2.45) is 5.10 Å². The van der Waals surface area contributed by atoms with Gasteiger partial charge in [0.1, 0.15) is 12.4 Å². The first-order valence-corrected chi connectivity index (χ1v) is 6.65. The largest absolute Gasteiger partial charge is 0.317 e. The molecule has 0 unspecified atom stereocenters. The van der Waals surface area contributed by atoms with Crippen molar-refractivity contribution >= 4 is 23.2 Å². The van der Waals surface area contributed by atoms with E-state index >= 15 is 0 Å². The Bertz CT molecular complexity index is 617. The Morgan fingerprint density at radius 3 is 3.00 bits per heavy atom. The number of hydrazone groups is 1. The Balaban J connectivity index is 2.24. The summed E-state index contributed by atoms with van der Waals surface area (Å²) in [5.74, 6) is 0.679. The SMILES string of the molecule is CC/C=N/NC(=O)Cn1c(CNC)nc2ccccc21. The van der Waals surface area contributed by atoms with Crippen LogP contribution in [0.15, 0.2) is 29.4 Å². The summed E-state index contributed by atoms with van der Waals surface area (Å²) in [6.45, 7) is 2.78. The maximum Gasteiger partial charge on any atom is 0.260 e. The molecule has 2 aromatic rings. The third-order valence-electron chi connectivity index (χ3n) is 2.83. The molecule has 0 aliphatic rings. The van der Waals surface area contributed by atoms with Gasteiger partial charge in [-0.05, 0) is 25.6 Å². The van der Waals surface area contributed by atoms with Crippen LogP contribution < -0.4 is 10.7 Å². The average Bonchev–Trinajstić information content (AvgIpc) is 2.78. The summed E-state index contributed by atoms with van der Waals surface area (Å²) in [4.78, 5) is 16.4. The van der Waals surface area contributed by atoms with E-state index < -0.39 is 0 Å². The Morgan fingerprint density at radius 2 is 2.25 bits per heavy atom. The van der Waals surface area contributed by atoms with Crippen molar-refractivity contribution in [1.29, 1.82) is 0 Å². The van der Waals surface area contributed by atoms with Gasteiger partial charge in [-0.1, -0.05) is 19.1 Å². The number of benzene rings is 1. The lowest BCUT2D eigenvalue weighted by Crippen LogP contribution is -2.25. The lowest BCUT2D eigenvalue weighted by Gasteiger charge is -2.07. The molecule has 0 bridgehead atoms. The zero-order valence-electron chi connectivity index (χ0n) is 11.8. The third kappa shape index (κ3) is 3.21. The van der Waals surface area contributed by atoms with E-state index in [1.165, 1.54) is 0 Å². The number of amides is 1. The van der Waals surface area contributed by atoms with Gasteiger partial charge in [-0.25, -0.2) is 10.4 Å². The number of rotatable bonds is 6. The smallest absolute Gasteiger partial charge is 0.260 e. The molecular formula is C14H19N5O. The minimum absolute atomic E-state index is 0.157. The van der Waals surface area contributed by atoms with Gasteiger partial charge in [-0.2, -0.15) is 5.10 Å². The topological polar surface area (TPSA) is 71.3 Å². The van der Waals surface area contributed by atoms with Crippen molar-refractivity contribution in [1.82, 2.24) is 20.3 Å². The molecule has 0 aliphatic heterocycles. The molecule has 6 heteroatoms. The Labute approximate surface area is 117 Å². The molecule has 20 heavy (non-hydrogen) atoms. The van der Waals surface area contributed by atoms with Gasteiger partial charge in [-0.3, -0.25) is 4.79 Å². The lowest BCUT2D eigenvalue weighted by atomic mass is 10.3. The first-order valence-electron chi connectivity index (χ1n) is 6.65. The summed E-state index contributed by atoms with van der Waals surface area (Å²) in [6, 6.07) is 7.79. The van der Waals surface area contributed by atoms with Crippen LogP contribution in [0.4, 0.5) is 0 Å². The number of nitrogens with zero attached hydrogens (tertiary/aromatic N) is 3. The van der Waals surface area contributed by atoms with Gasteiger partial charge in [0.05, 0.1) is 17.6 Å². The van der Waals surface area contributed by atoms with Crippen molar-refractivity contribution < 1.29 is 4.79 Å². The van der Waals surface area contributed by atoms with Crippen molar-refractivity contribution in [3.05, 3.63) is 30.1 Å². The Morgan fingerprint density at radius 1 is 1.45 bits per heavy atom. The lowest BCUT2D eigenvalue weighted by molar-refractivity contribution is -0.121. The summed E-state index contributed by atoms with van der Waals surface area (Å²) >= 11 is 0. The van der Waals surface area contributed by atoms with Crippen LogP contribution in [0.5, 0.6) is 0 Å². The summed E-state index contributed by atoms with van der Waals surface area (Å²) < 4.78 is 1.91. The van der Waals surface area contributed by atoms with Crippen LogP contribution in [0.2, 0.25) is 0 Å². The molecule has 0 fully saturated rings. The van der Waals surface area contributed by atoms with Gasteiger partial charge >= 0.3 is 0 Å². The molecule has 0 radical (unpaired) electrons. The normalized spacial score (nSPS) is 11.3. The van der Waals surface area contributed by atoms with E-state index in [1.54, 1.807) is 6.21 Å². The molecule has 1 heterocycles. The predicted molar refractivity (Wildman–Crippen MR) is 79.4 cm³/mol. The average molecular weight is 273 g/mol. The highest BCUT2D eigenvalue weighted by Gasteiger charge is 2.12. The van der Waals surface area contributed by atoms with Gasteiger partial charge in [0.25, 0.3) is 5.91 Å². The zero-order valence-corrected chi connectivity index (χ0v) is 11.8. The van der Waals surface area contributed by atoms with Gasteiger partial charge in [-0.15, -0.1) is 0 Å². The molecule has 2 rings (SSSR count). The number of hydrogen-bond acceptors (Lipinski definition) is 4. The number of nitrogens with one attached hydrogen (secondary N) is 2. The van der Waals surface area contributed by atoms with E-state index in [-0.39, 0.29) is 12.5 Å². The number of para-hydroxylation sites is 2. The second kappa shape index (κ2) is 6.81. The van der Waals surface area contributed by atoms with E-state index in [9.17, 15) is 4.79 Å². The van der Waals surface area contributed by atoms with Crippen LogP contribution in [-0.4, -0.2) is 28.7 Å². The summed E-state index contributed by atoms with van der Waals surface area (Å²) in [5.41, 5.74) is 4.36. The van der Waals surface area contributed by atoms with Crippen LogP contribution in [0, 0.1) is 0 Å². The highest BCUT2D eigenvalue weighted by Crippen LogP contribution is 2.15. The highest BCUT2D eigenvalue weighted by atomic mass is 16.2. The number of imidazole rings is 1. The number of fused-ring (bicyclic) bond motifs is 1. The quantitative estimate of drug-likeness (QED) is 0.615. The second-order valence-corrected chi connectivity index (χ2v) is 4.39. The van der Waals surface area contributed by atoms with Gasteiger partial charge in [0.15, 0.2) is 0 Å². The Kier molecular flexibility index (Phi) is 4.84. The maximum atomic E-state index is 11.9. The number of hydrogen-bond donors (Lipinski definition) is 2. The molecule has 1 aromatic carbocycles. The van der Waals surface area contributed by atoms with E-state index in [0.717, 1.165) is 23.3 Å². The molecule has 0 spiro atoms. The Hall–Kier alpha value is -2.21. The van der Waals surface area contributed by atoms with Crippen LogP contribution in [-0.2, 0) is 17.9 Å². The van der Waals surface area contributed by atoms with Gasteiger partial charge in [0, 0.05) is 6.21 Å². The van der Waals surface area contributed by atoms with Crippen molar-refractivity contribution in [3.8, 4) is 0 Å². The van der Waals surface area contributed by atoms with E-state index in [2.05, 4.69) is 20.8 Å². The van der Waals surface area contributed by atoms with Crippen molar-refractivity contribution in [2.75, 3.05) is 7.05 Å². The molecule has 6 nitrogen and oxygen atoms in total. The fourth-order valence-electron chi connectivity index (χ4n) is 1.98. The number of carbonyl (C=O) groups excluding carboxylic acids is 1. The second-order valence-electron chi connectivity index (χ2n) is 4.39. The molecule has 0 atom stereocenters. The first kappa shape index (κ1) is 14.2. The van der Waals surface area contributed by atoms with E-state index in [1.807, 2.05) is 42.8 Å². The van der Waals surface area contributed by atoms with E-state index in [4.69, 9.17) is 0 Å². The third-order valence-corrected chi connectivity index (χ3v) is 2.83. The molecule has 0 saturated heterocycles. The predicted octanol–water partition coefficient (Wildman–Crippen LogP) is 1.27. The summed E-state index contributed by atoms with van der Waals surface area (Å²) in [5, 5.41) is 6.92. The summed E-state index contributed by atoms with van der Waals surface area (Å²) in [7, 11) is 1.86. The molecule has 106 valence electrons. The minimum atomic E-state index is -0.157. The van der Waals surface area contributed by atoms with Crippen LogP contribution in [0.25, 0.3) is 11.0 Å². The fourth-order valence-corrected chi connectivity index (χ4v) is 1.98. The highest BCUT2D eigenvalue weighted by molar-refractivity contribution is 5.81.